The van der Waals surface area contributed by atoms with Crippen molar-refractivity contribution < 1.29 is 43.4 Å². The predicted molar refractivity (Wildman–Crippen MR) is 36.0 cm³/mol. The summed E-state index contributed by atoms with van der Waals surface area (Å²) in [6, 6.07) is 0. The number of esters is 1. The number of alkyl halides is 3. The molecule has 0 amide bonds. The standard InChI is InChI=1S/C5H5F4O2.BrH.Zn/c1-2-11-4(10)3(6)5(7,8)9;;/h2H2,1H3;1H;/q-1;;+2/p-1. The SMILES string of the molecule is CCOC(=O)[C-](F)C(F)(F)F.[Zn+][Br]. The molecule has 0 aromatic rings. The van der Waals surface area contributed by atoms with Gasteiger partial charge in [-0.2, -0.15) is 0 Å². The second-order valence-corrected chi connectivity index (χ2v) is 1.53. The van der Waals surface area contributed by atoms with Crippen LogP contribution in [-0.2, 0) is 25.9 Å². The average Bonchev–Trinajstić information content (AvgIpc) is 2.05. The number of hydrogen-bond acceptors (Lipinski definition) is 2. The predicted octanol–water partition coefficient (Wildman–Crippen LogP) is 2.46. The number of rotatable bonds is 2. The summed E-state index contributed by atoms with van der Waals surface area (Å²) in [5.74, 6) is -1.97. The monoisotopic (exact) mass is 316 g/mol. The molecule has 2 nitrogen and oxygen atoms in total. The number of halogens is 5. The molecule has 0 heterocycles. The molecule has 0 saturated carbocycles. The molecule has 0 aromatic heterocycles. The van der Waals surface area contributed by atoms with E-state index in [0.717, 1.165) is 0 Å². The molecule has 0 fully saturated rings. The Hall–Kier alpha value is 0.163. The van der Waals surface area contributed by atoms with E-state index in [1.54, 1.807) is 0 Å². The summed E-state index contributed by atoms with van der Waals surface area (Å²) in [7, 11) is 0. The first-order valence-electron chi connectivity index (χ1n) is 2.93. The van der Waals surface area contributed by atoms with Gasteiger partial charge in [0.2, 0.25) is 5.97 Å². The zero-order chi connectivity index (χ0) is 11.1. The maximum absolute atomic E-state index is 11.8. The van der Waals surface area contributed by atoms with Gasteiger partial charge in [0.15, 0.2) is 0 Å². The third-order valence-electron chi connectivity index (χ3n) is 0.704. The molecule has 0 radical (unpaired) electrons. The summed E-state index contributed by atoms with van der Waals surface area (Å²) in [6.07, 6.45) is -7.97. The molecule has 13 heavy (non-hydrogen) atoms. The van der Waals surface area contributed by atoms with E-state index in [9.17, 15) is 22.4 Å². The van der Waals surface area contributed by atoms with Crippen molar-refractivity contribution in [3.05, 3.63) is 6.17 Å². The van der Waals surface area contributed by atoms with E-state index in [2.05, 4.69) is 18.4 Å². The summed E-state index contributed by atoms with van der Waals surface area (Å²) in [5, 5.41) is 0. The van der Waals surface area contributed by atoms with Crippen molar-refractivity contribution >= 4 is 19.6 Å². The van der Waals surface area contributed by atoms with Crippen LogP contribution >= 0.6 is 13.6 Å². The van der Waals surface area contributed by atoms with Gasteiger partial charge >= 0.3 is 36.1 Å². The van der Waals surface area contributed by atoms with E-state index < -0.39 is 18.3 Å². The number of carbonyl (C=O) groups excluding carboxylic acids is 1. The fourth-order valence-corrected chi connectivity index (χ4v) is 0.310. The Balaban J connectivity index is 0. The van der Waals surface area contributed by atoms with Crippen LogP contribution in [0.15, 0.2) is 0 Å². The average molecular weight is 318 g/mol. The Kier molecular flexibility index (Phi) is 9.08. The van der Waals surface area contributed by atoms with E-state index in [1.165, 1.54) is 23.3 Å². The second-order valence-electron chi connectivity index (χ2n) is 1.53. The van der Waals surface area contributed by atoms with Crippen LogP contribution in [0.5, 0.6) is 0 Å². The quantitative estimate of drug-likeness (QED) is 0.338. The van der Waals surface area contributed by atoms with Gasteiger partial charge in [0.1, 0.15) is 0 Å². The molecule has 0 aliphatic heterocycles. The van der Waals surface area contributed by atoms with Gasteiger partial charge in [-0.05, 0) is 13.1 Å². The molecule has 0 saturated heterocycles. The summed E-state index contributed by atoms with van der Waals surface area (Å²) >= 11 is 4.25. The molecule has 0 bridgehead atoms. The van der Waals surface area contributed by atoms with E-state index in [0.29, 0.717) is 0 Å². The summed E-state index contributed by atoms with van der Waals surface area (Å²) < 4.78 is 49.5. The third-order valence-corrected chi connectivity index (χ3v) is 0.704. The molecule has 74 valence electrons. The Morgan fingerprint density at radius 1 is 1.54 bits per heavy atom. The van der Waals surface area contributed by atoms with Crippen LogP contribution in [0.25, 0.3) is 0 Å². The first kappa shape index (κ1) is 15.6. The van der Waals surface area contributed by atoms with Crippen molar-refractivity contribution in [3.63, 3.8) is 0 Å². The summed E-state index contributed by atoms with van der Waals surface area (Å²) in [5.41, 5.74) is 0. The van der Waals surface area contributed by atoms with Crippen LogP contribution in [-0.4, -0.2) is 18.8 Å². The van der Waals surface area contributed by atoms with E-state index in [1.807, 2.05) is 0 Å². The van der Waals surface area contributed by atoms with Gasteiger partial charge in [-0.25, -0.2) is 13.2 Å². The van der Waals surface area contributed by atoms with Crippen LogP contribution in [0.4, 0.5) is 17.6 Å². The fourth-order valence-electron chi connectivity index (χ4n) is 0.310. The van der Waals surface area contributed by atoms with Gasteiger partial charge in [0.05, 0.1) is 6.61 Å². The van der Waals surface area contributed by atoms with Crippen LogP contribution < -0.4 is 0 Å². The number of carbonyl (C=O) groups is 1. The third kappa shape index (κ3) is 7.25. The van der Waals surface area contributed by atoms with Crippen LogP contribution in [0.3, 0.4) is 0 Å². The molecule has 0 aromatic carbocycles. The van der Waals surface area contributed by atoms with Gasteiger partial charge in [-0.1, -0.05) is 0 Å². The molecule has 0 rings (SSSR count). The van der Waals surface area contributed by atoms with Crippen LogP contribution in [0.2, 0.25) is 0 Å². The van der Waals surface area contributed by atoms with Crippen molar-refractivity contribution in [1.29, 1.82) is 0 Å². The summed E-state index contributed by atoms with van der Waals surface area (Å²) in [6.45, 7) is 0.990. The van der Waals surface area contributed by atoms with Crippen molar-refractivity contribution in [2.45, 2.75) is 13.1 Å². The fraction of sp³-hybridized carbons (Fsp3) is 0.600. The van der Waals surface area contributed by atoms with Crippen LogP contribution in [0, 0.1) is 6.17 Å². The van der Waals surface area contributed by atoms with Crippen LogP contribution in [0.1, 0.15) is 6.92 Å². The zero-order valence-electron chi connectivity index (χ0n) is 6.62. The molecular weight excluding hydrogens is 313 g/mol. The van der Waals surface area contributed by atoms with Crippen molar-refractivity contribution in [2.75, 3.05) is 6.61 Å². The molecule has 0 N–H and O–H groups in total. The van der Waals surface area contributed by atoms with Gasteiger partial charge in [0, 0.05) is 0 Å². The van der Waals surface area contributed by atoms with Gasteiger partial charge in [-0.15, -0.1) is 0 Å². The number of hydrogen-bond donors (Lipinski definition) is 0. The first-order valence-corrected chi connectivity index (χ1v) is 9.88. The molecule has 0 spiro atoms. The zero-order valence-corrected chi connectivity index (χ0v) is 11.2. The van der Waals surface area contributed by atoms with Crippen molar-refractivity contribution in [1.82, 2.24) is 0 Å². The Morgan fingerprint density at radius 3 is 2.15 bits per heavy atom. The summed E-state index contributed by atoms with van der Waals surface area (Å²) in [4.78, 5) is 10.0. The molecule has 0 unspecified atom stereocenters. The van der Waals surface area contributed by atoms with Gasteiger partial charge in [-0.3, -0.25) is 4.79 Å². The molecule has 0 aliphatic carbocycles. The second kappa shape index (κ2) is 7.56. The molecule has 8 heteroatoms. The van der Waals surface area contributed by atoms with E-state index in [-0.39, 0.29) is 6.61 Å². The van der Waals surface area contributed by atoms with E-state index >= 15 is 0 Å². The van der Waals surface area contributed by atoms with Gasteiger partial charge in [0.25, 0.3) is 0 Å². The normalized spacial score (nSPS) is 9.85. The van der Waals surface area contributed by atoms with Crippen molar-refractivity contribution in [3.8, 4) is 0 Å². The minimum absolute atomic E-state index is 0.289. The van der Waals surface area contributed by atoms with Gasteiger partial charge < -0.3 is 9.13 Å². The topological polar surface area (TPSA) is 26.3 Å². The first-order chi connectivity index (χ1) is 5.89. The van der Waals surface area contributed by atoms with Crippen molar-refractivity contribution in [2.24, 2.45) is 0 Å². The maximum atomic E-state index is 11.8. The Bertz CT molecular complexity index is 152. The molecular formula is C5H5BrF4O2Zn. The molecule has 0 atom stereocenters. The molecule has 0 aliphatic rings. The Morgan fingerprint density at radius 2 is 1.92 bits per heavy atom. The Labute approximate surface area is 89.0 Å². The number of ether oxygens (including phenoxy) is 1. The van der Waals surface area contributed by atoms with E-state index in [4.69, 9.17) is 0 Å². The minimum atomic E-state index is -5.24.